The number of benzene rings is 3. The van der Waals surface area contributed by atoms with Gasteiger partial charge in [0.1, 0.15) is 33.6 Å². The van der Waals surface area contributed by atoms with E-state index in [1.54, 1.807) is 0 Å². The van der Waals surface area contributed by atoms with Crippen molar-refractivity contribution in [2.24, 2.45) is 0 Å². The zero-order valence-corrected chi connectivity index (χ0v) is 22.9. The standard InChI is InChI=1S/C30H20ClN5S2/c1-17-3-8-21(9-4-17)38-30-25(16-33)27(24(15-32)28(34)36-30)23-14-19-13-18(2)5-12-26(19)35-29(23)37-22-10-6-20(31)7-11-22/h3-14H,1-2H3,(H2,34,36). The predicted molar refractivity (Wildman–Crippen MR) is 154 cm³/mol. The number of aromatic nitrogens is 2. The fourth-order valence-electron chi connectivity index (χ4n) is 4.01. The van der Waals surface area contributed by atoms with Crippen molar-refractivity contribution in [1.82, 2.24) is 9.97 Å². The van der Waals surface area contributed by atoms with Gasteiger partial charge in [0, 0.05) is 31.3 Å². The zero-order chi connectivity index (χ0) is 26.8. The molecular formula is C30H20ClN5S2. The van der Waals surface area contributed by atoms with Gasteiger partial charge in [0.2, 0.25) is 0 Å². The molecule has 0 saturated carbocycles. The maximum atomic E-state index is 10.4. The van der Waals surface area contributed by atoms with Crippen molar-refractivity contribution in [2.45, 2.75) is 33.7 Å². The van der Waals surface area contributed by atoms with Crippen LogP contribution in [0.5, 0.6) is 0 Å². The number of hydrogen-bond acceptors (Lipinski definition) is 7. The molecule has 5 nitrogen and oxygen atoms in total. The first kappa shape index (κ1) is 25.6. The van der Waals surface area contributed by atoms with Crippen LogP contribution in [-0.4, -0.2) is 9.97 Å². The molecule has 5 aromatic rings. The highest BCUT2D eigenvalue weighted by Crippen LogP contribution is 2.43. The van der Waals surface area contributed by atoms with Gasteiger partial charge in [0.05, 0.1) is 11.1 Å². The van der Waals surface area contributed by atoms with Crippen molar-refractivity contribution >= 4 is 51.8 Å². The number of nitrogen functional groups attached to an aromatic ring is 1. The van der Waals surface area contributed by atoms with Gasteiger partial charge in [-0.15, -0.1) is 0 Å². The summed E-state index contributed by atoms with van der Waals surface area (Å²) in [7, 11) is 0. The Labute approximate surface area is 234 Å². The smallest absolute Gasteiger partial charge is 0.143 e. The molecule has 8 heteroatoms. The summed E-state index contributed by atoms with van der Waals surface area (Å²) < 4.78 is 0. The Morgan fingerprint density at radius 1 is 0.737 bits per heavy atom. The van der Waals surface area contributed by atoms with Gasteiger partial charge in [0.15, 0.2) is 0 Å². The fourth-order valence-corrected chi connectivity index (χ4v) is 5.93. The summed E-state index contributed by atoms with van der Waals surface area (Å²) in [4.78, 5) is 11.3. The van der Waals surface area contributed by atoms with Crippen molar-refractivity contribution in [3.05, 3.63) is 100 Å². The van der Waals surface area contributed by atoms with E-state index in [1.165, 1.54) is 23.5 Å². The van der Waals surface area contributed by atoms with Crippen molar-refractivity contribution in [3.63, 3.8) is 0 Å². The lowest BCUT2D eigenvalue weighted by Gasteiger charge is -2.16. The summed E-state index contributed by atoms with van der Waals surface area (Å²) in [6.07, 6.45) is 0. The largest absolute Gasteiger partial charge is 0.383 e. The Kier molecular flexibility index (Phi) is 7.26. The van der Waals surface area contributed by atoms with Gasteiger partial charge in [-0.25, -0.2) is 9.97 Å². The highest BCUT2D eigenvalue weighted by Gasteiger charge is 2.24. The maximum Gasteiger partial charge on any atom is 0.143 e. The first-order valence-electron chi connectivity index (χ1n) is 11.6. The third-order valence-corrected chi connectivity index (χ3v) is 8.14. The third-order valence-electron chi connectivity index (χ3n) is 5.88. The molecule has 2 aromatic heterocycles. The monoisotopic (exact) mass is 549 g/mol. The van der Waals surface area contributed by atoms with Crippen LogP contribution in [0.2, 0.25) is 5.02 Å². The van der Waals surface area contributed by atoms with Crippen LogP contribution < -0.4 is 5.73 Å². The third kappa shape index (κ3) is 5.18. The topological polar surface area (TPSA) is 99.4 Å². The molecule has 184 valence electrons. The molecule has 0 amide bonds. The molecule has 0 radical (unpaired) electrons. The Hall–Kier alpha value is -4.01. The lowest BCUT2D eigenvalue weighted by Crippen LogP contribution is -2.04. The molecule has 0 atom stereocenters. The summed E-state index contributed by atoms with van der Waals surface area (Å²) in [6, 6.07) is 27.9. The van der Waals surface area contributed by atoms with Crippen molar-refractivity contribution < 1.29 is 0 Å². The number of rotatable bonds is 5. The van der Waals surface area contributed by atoms with Crippen LogP contribution in [0.15, 0.2) is 92.6 Å². The highest BCUT2D eigenvalue weighted by atomic mass is 35.5. The van der Waals surface area contributed by atoms with Crippen LogP contribution in [0.25, 0.3) is 22.0 Å². The van der Waals surface area contributed by atoms with Crippen LogP contribution in [0.4, 0.5) is 5.82 Å². The number of nitrogens with two attached hydrogens (primary N) is 1. The minimum Gasteiger partial charge on any atom is -0.383 e. The molecule has 2 N–H and O–H groups in total. The normalized spacial score (nSPS) is 10.8. The van der Waals surface area contributed by atoms with Crippen molar-refractivity contribution in [2.75, 3.05) is 5.73 Å². The number of fused-ring (bicyclic) bond motifs is 1. The molecule has 3 aromatic carbocycles. The van der Waals surface area contributed by atoms with Crippen LogP contribution in [0, 0.1) is 36.5 Å². The number of pyridine rings is 2. The number of nitrogens with zero attached hydrogens (tertiary/aromatic N) is 4. The van der Waals surface area contributed by atoms with Crippen LogP contribution in [0.3, 0.4) is 0 Å². The molecule has 0 aliphatic carbocycles. The number of aryl methyl sites for hydroxylation is 2. The van der Waals surface area contributed by atoms with Crippen LogP contribution >= 0.6 is 35.1 Å². The molecule has 5 rings (SSSR count). The molecule has 0 bridgehead atoms. The summed E-state index contributed by atoms with van der Waals surface area (Å²) >= 11 is 8.88. The second-order valence-corrected chi connectivity index (χ2v) is 11.2. The van der Waals surface area contributed by atoms with Crippen LogP contribution in [0.1, 0.15) is 22.3 Å². The van der Waals surface area contributed by atoms with Crippen molar-refractivity contribution in [1.29, 1.82) is 10.5 Å². The first-order chi connectivity index (χ1) is 18.4. The lowest BCUT2D eigenvalue weighted by molar-refractivity contribution is 1.10. The molecule has 2 heterocycles. The number of anilines is 1. The van der Waals surface area contributed by atoms with E-state index in [9.17, 15) is 10.5 Å². The Bertz CT molecular complexity index is 1770. The van der Waals surface area contributed by atoms with E-state index in [0.717, 1.165) is 31.8 Å². The van der Waals surface area contributed by atoms with Crippen molar-refractivity contribution in [3.8, 4) is 23.3 Å². The predicted octanol–water partition coefficient (Wildman–Crippen LogP) is 8.20. The van der Waals surface area contributed by atoms with Gasteiger partial charge < -0.3 is 5.73 Å². The van der Waals surface area contributed by atoms with E-state index < -0.39 is 0 Å². The summed E-state index contributed by atoms with van der Waals surface area (Å²) in [5.74, 6) is 0.0721. The molecule has 0 aliphatic rings. The summed E-state index contributed by atoms with van der Waals surface area (Å²) in [5, 5.41) is 23.1. The van der Waals surface area contributed by atoms with Crippen LogP contribution in [-0.2, 0) is 0 Å². The Morgan fingerprint density at radius 3 is 2.00 bits per heavy atom. The molecular weight excluding hydrogens is 530 g/mol. The zero-order valence-electron chi connectivity index (χ0n) is 20.5. The second-order valence-electron chi connectivity index (χ2n) is 8.66. The first-order valence-corrected chi connectivity index (χ1v) is 13.6. The maximum absolute atomic E-state index is 10.4. The fraction of sp³-hybridized carbons (Fsp3) is 0.0667. The average Bonchev–Trinajstić information content (AvgIpc) is 2.91. The minimum atomic E-state index is 0.0721. The van der Waals surface area contributed by atoms with E-state index in [-0.39, 0.29) is 16.9 Å². The average molecular weight is 550 g/mol. The number of nitriles is 2. The van der Waals surface area contributed by atoms with Gasteiger partial charge in [-0.1, -0.05) is 64.5 Å². The SMILES string of the molecule is Cc1ccc(Sc2nc(N)c(C#N)c(-c3cc4cc(C)ccc4nc3Sc3ccc(Cl)cc3)c2C#N)cc1. The van der Waals surface area contributed by atoms with E-state index >= 15 is 0 Å². The van der Waals surface area contributed by atoms with Gasteiger partial charge >= 0.3 is 0 Å². The van der Waals surface area contributed by atoms with Gasteiger partial charge in [-0.2, -0.15) is 10.5 Å². The minimum absolute atomic E-state index is 0.0721. The Morgan fingerprint density at radius 2 is 1.34 bits per heavy atom. The van der Waals surface area contributed by atoms with E-state index in [2.05, 4.69) is 17.1 Å². The summed E-state index contributed by atoms with van der Waals surface area (Å²) in [5.41, 5.74) is 10.9. The van der Waals surface area contributed by atoms with E-state index in [0.29, 0.717) is 26.2 Å². The number of hydrogen-bond donors (Lipinski definition) is 1. The second kappa shape index (κ2) is 10.8. The van der Waals surface area contributed by atoms with Gasteiger partial charge in [-0.05, 0) is 68.4 Å². The molecule has 38 heavy (non-hydrogen) atoms. The molecule has 0 fully saturated rings. The van der Waals surface area contributed by atoms with E-state index in [1.807, 2.05) is 86.6 Å². The molecule has 0 spiro atoms. The quantitative estimate of drug-likeness (QED) is 0.236. The molecule has 0 saturated heterocycles. The molecule has 0 unspecified atom stereocenters. The number of halogens is 1. The van der Waals surface area contributed by atoms with Gasteiger partial charge in [-0.3, -0.25) is 0 Å². The molecule has 0 aliphatic heterocycles. The Balaban J connectivity index is 1.78. The summed E-state index contributed by atoms with van der Waals surface area (Å²) in [6.45, 7) is 4.02. The van der Waals surface area contributed by atoms with Gasteiger partial charge in [0.25, 0.3) is 0 Å². The van der Waals surface area contributed by atoms with E-state index in [4.69, 9.17) is 22.3 Å². The highest BCUT2D eigenvalue weighted by molar-refractivity contribution is 7.99. The lowest BCUT2D eigenvalue weighted by atomic mass is 9.96.